The summed E-state index contributed by atoms with van der Waals surface area (Å²) in [6.07, 6.45) is 1.90. The van der Waals surface area contributed by atoms with Crippen LogP contribution in [0.25, 0.3) is 0 Å². The summed E-state index contributed by atoms with van der Waals surface area (Å²) in [7, 11) is 0. The van der Waals surface area contributed by atoms with Gasteiger partial charge in [0.05, 0.1) is 19.3 Å². The Hall–Kier alpha value is -0.970. The van der Waals surface area contributed by atoms with Gasteiger partial charge in [-0.2, -0.15) is 0 Å². The second kappa shape index (κ2) is 5.12. The number of rotatable bonds is 3. The first-order valence-corrected chi connectivity index (χ1v) is 5.98. The van der Waals surface area contributed by atoms with Crippen LogP contribution in [0.5, 0.6) is 0 Å². The first kappa shape index (κ1) is 12.5. The summed E-state index contributed by atoms with van der Waals surface area (Å²) in [5, 5.41) is 3.41. The number of aryl methyl sites for hydroxylation is 1. The van der Waals surface area contributed by atoms with Gasteiger partial charge < -0.3 is 14.8 Å². The molecular weight excluding hydrogens is 216 g/mol. The summed E-state index contributed by atoms with van der Waals surface area (Å²) in [5.41, 5.74) is 2.22. The Labute approximate surface area is 102 Å². The van der Waals surface area contributed by atoms with Crippen molar-refractivity contribution < 1.29 is 9.47 Å². The Bertz CT molecular complexity index is 352. The Morgan fingerprint density at radius 1 is 1.35 bits per heavy atom. The normalized spacial score (nSPS) is 20.4. The van der Waals surface area contributed by atoms with Crippen LogP contribution in [0.15, 0.2) is 18.3 Å². The number of ether oxygens (including phenoxy) is 2. The average molecular weight is 236 g/mol. The minimum atomic E-state index is -0.441. The van der Waals surface area contributed by atoms with Gasteiger partial charge in [-0.25, -0.2) is 0 Å². The smallest absolute Gasteiger partial charge is 0.162 e. The Balaban J connectivity index is 1.78. The highest BCUT2D eigenvalue weighted by Gasteiger charge is 2.27. The monoisotopic (exact) mass is 236 g/mol. The molecule has 0 bridgehead atoms. The fourth-order valence-electron chi connectivity index (χ4n) is 1.68. The van der Waals surface area contributed by atoms with E-state index in [1.807, 2.05) is 33.0 Å². The summed E-state index contributed by atoms with van der Waals surface area (Å²) >= 11 is 0. The van der Waals surface area contributed by atoms with E-state index in [1.165, 1.54) is 5.56 Å². The quantitative estimate of drug-likeness (QED) is 0.866. The van der Waals surface area contributed by atoms with Gasteiger partial charge >= 0.3 is 0 Å². The molecule has 0 amide bonds. The number of pyridine rings is 1. The highest BCUT2D eigenvalue weighted by atomic mass is 16.7. The summed E-state index contributed by atoms with van der Waals surface area (Å²) < 4.78 is 11.2. The predicted octanol–water partition coefficient (Wildman–Crippen LogP) is 1.63. The van der Waals surface area contributed by atoms with Crippen molar-refractivity contribution in [3.05, 3.63) is 29.6 Å². The van der Waals surface area contributed by atoms with E-state index in [9.17, 15) is 0 Å². The van der Waals surface area contributed by atoms with E-state index in [-0.39, 0.29) is 6.04 Å². The van der Waals surface area contributed by atoms with Crippen LogP contribution in [-0.4, -0.2) is 30.0 Å². The molecule has 1 aromatic rings. The molecule has 0 unspecified atom stereocenters. The molecule has 0 atom stereocenters. The Morgan fingerprint density at radius 2 is 2.06 bits per heavy atom. The van der Waals surface area contributed by atoms with Crippen molar-refractivity contribution in [2.75, 3.05) is 13.2 Å². The number of aromatic nitrogens is 1. The largest absolute Gasteiger partial charge is 0.349 e. The first-order valence-electron chi connectivity index (χ1n) is 5.98. The Morgan fingerprint density at radius 3 is 2.65 bits per heavy atom. The molecule has 4 heteroatoms. The van der Waals surface area contributed by atoms with Crippen LogP contribution in [0.1, 0.15) is 25.1 Å². The van der Waals surface area contributed by atoms with Gasteiger partial charge in [0.1, 0.15) is 0 Å². The first-order chi connectivity index (χ1) is 8.05. The van der Waals surface area contributed by atoms with E-state index in [2.05, 4.69) is 16.4 Å². The zero-order valence-electron chi connectivity index (χ0n) is 10.7. The summed E-state index contributed by atoms with van der Waals surface area (Å²) in [5.74, 6) is -0.441. The third-order valence-corrected chi connectivity index (χ3v) is 2.83. The van der Waals surface area contributed by atoms with Gasteiger partial charge in [-0.3, -0.25) is 4.98 Å². The minimum Gasteiger partial charge on any atom is -0.349 e. The molecule has 1 aromatic heterocycles. The maximum atomic E-state index is 5.59. The third kappa shape index (κ3) is 3.77. The van der Waals surface area contributed by atoms with E-state index >= 15 is 0 Å². The fraction of sp³-hybridized carbons (Fsp3) is 0.615. The number of hydrogen-bond acceptors (Lipinski definition) is 4. The molecule has 1 aliphatic rings. The van der Waals surface area contributed by atoms with Crippen molar-refractivity contribution in [2.45, 2.75) is 39.1 Å². The molecular formula is C13H20N2O2. The summed E-state index contributed by atoms with van der Waals surface area (Å²) in [6.45, 7) is 8.03. The standard InChI is InChI=1S/C13H20N2O2/c1-10-4-5-11(6-14-10)7-15-12-8-16-13(2,3)17-9-12/h4-6,12,15H,7-9H2,1-3H3. The molecule has 1 saturated heterocycles. The molecule has 4 nitrogen and oxygen atoms in total. The molecule has 0 radical (unpaired) electrons. The van der Waals surface area contributed by atoms with Crippen molar-refractivity contribution in [1.29, 1.82) is 0 Å². The lowest BCUT2D eigenvalue weighted by molar-refractivity contribution is -0.253. The zero-order valence-corrected chi connectivity index (χ0v) is 10.7. The molecule has 0 spiro atoms. The fourth-order valence-corrected chi connectivity index (χ4v) is 1.68. The second-order valence-electron chi connectivity index (χ2n) is 4.91. The van der Waals surface area contributed by atoms with E-state index < -0.39 is 5.79 Å². The topological polar surface area (TPSA) is 43.4 Å². The molecule has 2 heterocycles. The van der Waals surface area contributed by atoms with Crippen LogP contribution in [0, 0.1) is 6.92 Å². The van der Waals surface area contributed by atoms with Crippen LogP contribution >= 0.6 is 0 Å². The van der Waals surface area contributed by atoms with Crippen molar-refractivity contribution >= 4 is 0 Å². The maximum absolute atomic E-state index is 5.59. The van der Waals surface area contributed by atoms with Gasteiger partial charge in [-0.15, -0.1) is 0 Å². The average Bonchev–Trinajstić information content (AvgIpc) is 2.30. The molecule has 0 aromatic carbocycles. The van der Waals surface area contributed by atoms with Crippen LogP contribution in [0.3, 0.4) is 0 Å². The van der Waals surface area contributed by atoms with Gasteiger partial charge in [0.25, 0.3) is 0 Å². The highest BCUT2D eigenvalue weighted by Crippen LogP contribution is 2.17. The van der Waals surface area contributed by atoms with Gasteiger partial charge in [0.2, 0.25) is 0 Å². The number of hydrogen-bond donors (Lipinski definition) is 1. The molecule has 17 heavy (non-hydrogen) atoms. The highest BCUT2D eigenvalue weighted by molar-refractivity contribution is 5.12. The lowest BCUT2D eigenvalue weighted by atomic mass is 10.2. The number of nitrogens with one attached hydrogen (secondary N) is 1. The molecule has 1 aliphatic heterocycles. The van der Waals surface area contributed by atoms with Crippen LogP contribution in [0.2, 0.25) is 0 Å². The van der Waals surface area contributed by atoms with Gasteiger partial charge in [-0.05, 0) is 32.4 Å². The Kier molecular flexibility index (Phi) is 3.76. The lowest BCUT2D eigenvalue weighted by Crippen LogP contribution is -2.48. The van der Waals surface area contributed by atoms with Crippen LogP contribution < -0.4 is 5.32 Å². The summed E-state index contributed by atoms with van der Waals surface area (Å²) in [6, 6.07) is 4.36. The van der Waals surface area contributed by atoms with E-state index in [4.69, 9.17) is 9.47 Å². The van der Waals surface area contributed by atoms with Crippen LogP contribution in [0.4, 0.5) is 0 Å². The number of nitrogens with zero attached hydrogens (tertiary/aromatic N) is 1. The lowest BCUT2D eigenvalue weighted by Gasteiger charge is -2.35. The molecule has 0 aliphatic carbocycles. The molecule has 0 saturated carbocycles. The van der Waals surface area contributed by atoms with Crippen molar-refractivity contribution in [2.24, 2.45) is 0 Å². The van der Waals surface area contributed by atoms with E-state index in [1.54, 1.807) is 0 Å². The summed E-state index contributed by atoms with van der Waals surface area (Å²) in [4.78, 5) is 4.26. The van der Waals surface area contributed by atoms with Crippen LogP contribution in [-0.2, 0) is 16.0 Å². The maximum Gasteiger partial charge on any atom is 0.162 e. The minimum absolute atomic E-state index is 0.254. The molecule has 1 fully saturated rings. The third-order valence-electron chi connectivity index (χ3n) is 2.83. The van der Waals surface area contributed by atoms with E-state index in [0.717, 1.165) is 12.2 Å². The van der Waals surface area contributed by atoms with Gasteiger partial charge in [0.15, 0.2) is 5.79 Å². The second-order valence-corrected chi connectivity index (χ2v) is 4.91. The van der Waals surface area contributed by atoms with Crippen molar-refractivity contribution in [1.82, 2.24) is 10.3 Å². The van der Waals surface area contributed by atoms with E-state index in [0.29, 0.717) is 13.2 Å². The van der Waals surface area contributed by atoms with Crippen molar-refractivity contribution in [3.63, 3.8) is 0 Å². The van der Waals surface area contributed by atoms with Crippen molar-refractivity contribution in [3.8, 4) is 0 Å². The molecule has 1 N–H and O–H groups in total. The molecule has 2 rings (SSSR count). The predicted molar refractivity (Wildman–Crippen MR) is 65.6 cm³/mol. The SMILES string of the molecule is Cc1ccc(CNC2COC(C)(C)OC2)cn1. The molecule has 94 valence electrons. The zero-order chi connectivity index (χ0) is 12.3. The van der Waals surface area contributed by atoms with Gasteiger partial charge in [-0.1, -0.05) is 6.07 Å². The van der Waals surface area contributed by atoms with Gasteiger partial charge in [0, 0.05) is 18.4 Å².